The summed E-state index contributed by atoms with van der Waals surface area (Å²) < 4.78 is 15.6. The van der Waals surface area contributed by atoms with E-state index in [4.69, 9.17) is 14.2 Å². The maximum Gasteiger partial charge on any atom is 0.340 e. The van der Waals surface area contributed by atoms with Crippen LogP contribution in [0, 0.1) is 0 Å². The Morgan fingerprint density at radius 2 is 1.67 bits per heavy atom. The van der Waals surface area contributed by atoms with Crippen LogP contribution in [0.3, 0.4) is 0 Å². The number of ether oxygens (including phenoxy) is 3. The number of aromatic nitrogens is 3. The Hall–Kier alpha value is -2.44. The van der Waals surface area contributed by atoms with E-state index in [1.54, 1.807) is 12.1 Å². The van der Waals surface area contributed by atoms with Crippen LogP contribution in [0.2, 0.25) is 0 Å². The fourth-order valence-electron chi connectivity index (χ4n) is 1.62. The van der Waals surface area contributed by atoms with Crippen molar-refractivity contribution < 1.29 is 14.2 Å². The van der Waals surface area contributed by atoms with Gasteiger partial charge < -0.3 is 14.2 Å². The third kappa shape index (κ3) is 2.02. The molecule has 7 nitrogen and oxygen atoms in total. The van der Waals surface area contributed by atoms with Crippen LogP contribution in [-0.2, 0) is 0 Å². The van der Waals surface area contributed by atoms with Crippen molar-refractivity contribution in [3.8, 4) is 28.6 Å². The highest BCUT2D eigenvalue weighted by Crippen LogP contribution is 2.40. The van der Waals surface area contributed by atoms with Crippen molar-refractivity contribution in [1.29, 1.82) is 0 Å². The Bertz CT molecular complexity index is 577. The summed E-state index contributed by atoms with van der Waals surface area (Å²) in [5.74, 6) is 1.88. The molecule has 0 saturated carbocycles. The molecule has 0 spiro atoms. The summed E-state index contributed by atoms with van der Waals surface area (Å²) >= 11 is 0. The number of nitrogens with zero attached hydrogens (tertiary/aromatic N) is 1. The molecule has 0 fully saturated rings. The van der Waals surface area contributed by atoms with Crippen LogP contribution in [0.4, 0.5) is 0 Å². The Morgan fingerprint density at radius 1 is 1.06 bits per heavy atom. The molecule has 0 aliphatic carbocycles. The number of nitrogens with one attached hydrogen (secondary N) is 2. The highest BCUT2D eigenvalue weighted by Gasteiger charge is 2.15. The average molecular weight is 251 g/mol. The molecule has 7 heteroatoms. The predicted molar refractivity (Wildman–Crippen MR) is 64.3 cm³/mol. The van der Waals surface area contributed by atoms with Crippen molar-refractivity contribution in [2.45, 2.75) is 0 Å². The van der Waals surface area contributed by atoms with Gasteiger partial charge >= 0.3 is 5.69 Å². The molecule has 18 heavy (non-hydrogen) atoms. The van der Waals surface area contributed by atoms with Crippen molar-refractivity contribution in [1.82, 2.24) is 15.2 Å². The lowest BCUT2D eigenvalue weighted by molar-refractivity contribution is 0.324. The van der Waals surface area contributed by atoms with E-state index in [0.29, 0.717) is 28.6 Å². The molecule has 0 unspecified atom stereocenters. The van der Waals surface area contributed by atoms with E-state index in [9.17, 15) is 4.79 Å². The molecule has 0 saturated heterocycles. The number of aromatic amines is 2. The van der Waals surface area contributed by atoms with Gasteiger partial charge in [-0.05, 0) is 12.1 Å². The van der Waals surface area contributed by atoms with Gasteiger partial charge in [-0.15, -0.1) is 0 Å². The van der Waals surface area contributed by atoms with E-state index in [2.05, 4.69) is 15.2 Å². The zero-order chi connectivity index (χ0) is 13.1. The van der Waals surface area contributed by atoms with E-state index in [-0.39, 0.29) is 5.69 Å². The van der Waals surface area contributed by atoms with Crippen molar-refractivity contribution in [2.24, 2.45) is 0 Å². The molecule has 96 valence electrons. The summed E-state index contributed by atoms with van der Waals surface area (Å²) in [5.41, 5.74) is 0.279. The van der Waals surface area contributed by atoms with Gasteiger partial charge in [0.15, 0.2) is 17.3 Å². The molecule has 2 rings (SSSR count). The van der Waals surface area contributed by atoms with E-state index < -0.39 is 0 Å². The lowest BCUT2D eigenvalue weighted by atomic mass is 10.1. The molecule has 1 heterocycles. The Balaban J connectivity index is 2.59. The molecule has 1 aromatic heterocycles. The molecule has 0 radical (unpaired) electrons. The number of hydrogen-bond acceptors (Lipinski definition) is 5. The number of benzene rings is 1. The molecular formula is C11H13N3O4. The van der Waals surface area contributed by atoms with E-state index in [1.807, 2.05) is 0 Å². The second kappa shape index (κ2) is 4.82. The van der Waals surface area contributed by atoms with Gasteiger partial charge in [0.05, 0.1) is 21.3 Å². The fourth-order valence-corrected chi connectivity index (χ4v) is 1.62. The van der Waals surface area contributed by atoms with Gasteiger partial charge in [0, 0.05) is 5.56 Å². The largest absolute Gasteiger partial charge is 0.493 e. The summed E-state index contributed by atoms with van der Waals surface area (Å²) in [6.07, 6.45) is 0. The second-order valence-electron chi connectivity index (χ2n) is 3.44. The number of hydrogen-bond donors (Lipinski definition) is 2. The van der Waals surface area contributed by atoms with Crippen LogP contribution in [-0.4, -0.2) is 36.5 Å². The zero-order valence-electron chi connectivity index (χ0n) is 10.2. The molecule has 2 aromatic rings. The molecule has 0 amide bonds. The summed E-state index contributed by atoms with van der Waals surface area (Å²) in [7, 11) is 4.57. The van der Waals surface area contributed by atoms with Crippen LogP contribution in [0.25, 0.3) is 11.4 Å². The topological polar surface area (TPSA) is 89.2 Å². The van der Waals surface area contributed by atoms with E-state index in [0.717, 1.165) is 0 Å². The molecule has 1 aromatic carbocycles. The SMILES string of the molecule is COc1cc(-c2n[nH]c(=O)[nH]2)cc(OC)c1OC. The van der Waals surface area contributed by atoms with Crippen LogP contribution >= 0.6 is 0 Å². The first-order valence-electron chi connectivity index (χ1n) is 5.14. The van der Waals surface area contributed by atoms with E-state index >= 15 is 0 Å². The van der Waals surface area contributed by atoms with Crippen LogP contribution in [0.5, 0.6) is 17.2 Å². The monoisotopic (exact) mass is 251 g/mol. The Kier molecular flexibility index (Phi) is 3.22. The molecule has 2 N–H and O–H groups in total. The fraction of sp³-hybridized carbons (Fsp3) is 0.273. The molecule has 0 bridgehead atoms. The molecule has 0 aliphatic heterocycles. The van der Waals surface area contributed by atoms with Crippen molar-refractivity contribution in [3.63, 3.8) is 0 Å². The lowest BCUT2D eigenvalue weighted by Crippen LogP contribution is -2.00. The number of rotatable bonds is 4. The quantitative estimate of drug-likeness (QED) is 0.838. The first kappa shape index (κ1) is 12.0. The first-order valence-corrected chi connectivity index (χ1v) is 5.14. The number of H-pyrrole nitrogens is 2. The highest BCUT2D eigenvalue weighted by atomic mass is 16.5. The predicted octanol–water partition coefficient (Wildman–Crippen LogP) is 0.791. The lowest BCUT2D eigenvalue weighted by Gasteiger charge is -2.13. The van der Waals surface area contributed by atoms with Gasteiger partial charge in [0.25, 0.3) is 0 Å². The summed E-state index contributed by atoms with van der Waals surface area (Å²) in [6.45, 7) is 0. The summed E-state index contributed by atoms with van der Waals surface area (Å²) in [6, 6.07) is 3.40. The Labute approximate surface area is 103 Å². The van der Waals surface area contributed by atoms with Crippen molar-refractivity contribution in [2.75, 3.05) is 21.3 Å². The normalized spacial score (nSPS) is 10.2. The second-order valence-corrected chi connectivity index (χ2v) is 3.44. The third-order valence-corrected chi connectivity index (χ3v) is 2.44. The number of methoxy groups -OCH3 is 3. The summed E-state index contributed by atoms with van der Waals surface area (Å²) in [5, 5.41) is 6.14. The van der Waals surface area contributed by atoms with Gasteiger partial charge in [0.1, 0.15) is 0 Å². The minimum Gasteiger partial charge on any atom is -0.493 e. The zero-order valence-corrected chi connectivity index (χ0v) is 10.2. The molecule has 0 atom stereocenters. The third-order valence-electron chi connectivity index (χ3n) is 2.44. The van der Waals surface area contributed by atoms with Gasteiger partial charge in [-0.1, -0.05) is 0 Å². The highest BCUT2D eigenvalue weighted by molar-refractivity contribution is 5.66. The standard InChI is InChI=1S/C11H13N3O4/c1-16-7-4-6(10-12-11(15)14-13-10)5-8(17-2)9(7)18-3/h4-5H,1-3H3,(H2,12,13,14,15). The van der Waals surface area contributed by atoms with Crippen LogP contribution in [0.15, 0.2) is 16.9 Å². The van der Waals surface area contributed by atoms with Crippen molar-refractivity contribution >= 4 is 0 Å². The summed E-state index contributed by atoms with van der Waals surface area (Å²) in [4.78, 5) is 13.6. The minimum atomic E-state index is -0.376. The average Bonchev–Trinajstić information content (AvgIpc) is 2.83. The molecule has 0 aliphatic rings. The van der Waals surface area contributed by atoms with Crippen molar-refractivity contribution in [3.05, 3.63) is 22.6 Å². The first-order chi connectivity index (χ1) is 8.69. The van der Waals surface area contributed by atoms with Gasteiger partial charge in [0.2, 0.25) is 5.75 Å². The Morgan fingerprint density at radius 3 is 2.06 bits per heavy atom. The smallest absolute Gasteiger partial charge is 0.340 e. The van der Waals surface area contributed by atoms with Gasteiger partial charge in [-0.3, -0.25) is 4.98 Å². The maximum absolute atomic E-state index is 11.0. The van der Waals surface area contributed by atoms with Crippen LogP contribution < -0.4 is 19.9 Å². The van der Waals surface area contributed by atoms with Crippen LogP contribution in [0.1, 0.15) is 0 Å². The maximum atomic E-state index is 11.0. The van der Waals surface area contributed by atoms with Gasteiger partial charge in [-0.25, -0.2) is 9.89 Å². The molecular weight excluding hydrogens is 238 g/mol. The van der Waals surface area contributed by atoms with E-state index in [1.165, 1.54) is 21.3 Å². The minimum absolute atomic E-state index is 0.376. The van der Waals surface area contributed by atoms with Gasteiger partial charge in [-0.2, -0.15) is 5.10 Å².